The molecular formula is C8H13F5O3. The number of methoxy groups -OCH3 is 1. The molecule has 0 radical (unpaired) electrons. The Bertz CT molecular complexity index is 183. The SMILES string of the molecule is COCCOCCOCC(F)(F)C(F)(F)F. The van der Waals surface area contributed by atoms with Crippen molar-refractivity contribution in [3.63, 3.8) is 0 Å². The lowest BCUT2D eigenvalue weighted by atomic mass is 10.3. The van der Waals surface area contributed by atoms with Crippen molar-refractivity contribution in [1.82, 2.24) is 0 Å². The molecule has 0 N–H and O–H groups in total. The first kappa shape index (κ1) is 15.5. The van der Waals surface area contributed by atoms with E-state index in [2.05, 4.69) is 9.47 Å². The maximum Gasteiger partial charge on any atom is 0.455 e. The van der Waals surface area contributed by atoms with Crippen molar-refractivity contribution in [2.24, 2.45) is 0 Å². The molecule has 0 aromatic rings. The van der Waals surface area contributed by atoms with E-state index in [1.807, 2.05) is 0 Å². The predicted molar refractivity (Wildman–Crippen MR) is 44.5 cm³/mol. The molecule has 0 amide bonds. The van der Waals surface area contributed by atoms with Gasteiger partial charge in [0.2, 0.25) is 0 Å². The normalized spacial score (nSPS) is 13.1. The van der Waals surface area contributed by atoms with Gasteiger partial charge in [-0.15, -0.1) is 0 Å². The second-order valence-corrected chi connectivity index (χ2v) is 2.86. The molecule has 98 valence electrons. The molecule has 0 spiro atoms. The number of ether oxygens (including phenoxy) is 3. The van der Waals surface area contributed by atoms with Gasteiger partial charge in [0, 0.05) is 7.11 Å². The third kappa shape index (κ3) is 6.19. The van der Waals surface area contributed by atoms with E-state index in [0.29, 0.717) is 6.61 Å². The van der Waals surface area contributed by atoms with Crippen LogP contribution in [0.3, 0.4) is 0 Å². The number of hydrogen-bond donors (Lipinski definition) is 0. The first-order valence-electron chi connectivity index (χ1n) is 4.40. The van der Waals surface area contributed by atoms with Gasteiger partial charge in [-0.3, -0.25) is 0 Å². The fraction of sp³-hybridized carbons (Fsp3) is 1.00. The zero-order chi connectivity index (χ0) is 12.7. The van der Waals surface area contributed by atoms with Gasteiger partial charge in [0.15, 0.2) is 0 Å². The summed E-state index contributed by atoms with van der Waals surface area (Å²) < 4.78 is 73.0. The zero-order valence-electron chi connectivity index (χ0n) is 8.65. The monoisotopic (exact) mass is 252 g/mol. The molecule has 0 aliphatic heterocycles. The first-order valence-corrected chi connectivity index (χ1v) is 4.40. The second-order valence-electron chi connectivity index (χ2n) is 2.86. The van der Waals surface area contributed by atoms with E-state index >= 15 is 0 Å². The second kappa shape index (κ2) is 6.97. The average molecular weight is 252 g/mol. The molecule has 0 saturated carbocycles. The van der Waals surface area contributed by atoms with E-state index in [1.54, 1.807) is 0 Å². The Morgan fingerprint density at radius 2 is 1.31 bits per heavy atom. The largest absolute Gasteiger partial charge is 0.455 e. The van der Waals surface area contributed by atoms with Crippen LogP contribution in [0.4, 0.5) is 22.0 Å². The number of hydrogen-bond acceptors (Lipinski definition) is 3. The van der Waals surface area contributed by atoms with Crippen molar-refractivity contribution >= 4 is 0 Å². The quantitative estimate of drug-likeness (QED) is 0.487. The summed E-state index contributed by atoms with van der Waals surface area (Å²) in [5, 5.41) is 0. The molecule has 0 atom stereocenters. The van der Waals surface area contributed by atoms with Crippen molar-refractivity contribution in [1.29, 1.82) is 0 Å². The molecule has 0 bridgehead atoms. The highest BCUT2D eigenvalue weighted by Crippen LogP contribution is 2.35. The van der Waals surface area contributed by atoms with Crippen LogP contribution in [0.25, 0.3) is 0 Å². The summed E-state index contributed by atoms with van der Waals surface area (Å²) in [5.74, 6) is -4.82. The minimum atomic E-state index is -5.58. The van der Waals surface area contributed by atoms with E-state index in [-0.39, 0.29) is 19.8 Å². The molecular weight excluding hydrogens is 239 g/mol. The third-order valence-electron chi connectivity index (χ3n) is 1.50. The van der Waals surface area contributed by atoms with Crippen LogP contribution in [0, 0.1) is 0 Å². The molecule has 0 heterocycles. The van der Waals surface area contributed by atoms with Crippen molar-refractivity contribution in [3.8, 4) is 0 Å². The van der Waals surface area contributed by atoms with E-state index < -0.39 is 18.7 Å². The van der Waals surface area contributed by atoms with Crippen molar-refractivity contribution in [2.75, 3.05) is 40.1 Å². The van der Waals surface area contributed by atoms with Crippen LogP contribution in [0.15, 0.2) is 0 Å². The van der Waals surface area contributed by atoms with Gasteiger partial charge in [-0.05, 0) is 0 Å². The highest BCUT2D eigenvalue weighted by molar-refractivity contribution is 4.74. The van der Waals surface area contributed by atoms with Crippen LogP contribution in [-0.2, 0) is 14.2 Å². The van der Waals surface area contributed by atoms with Crippen molar-refractivity contribution < 1.29 is 36.2 Å². The maximum absolute atomic E-state index is 12.2. The van der Waals surface area contributed by atoms with Gasteiger partial charge in [-0.1, -0.05) is 0 Å². The van der Waals surface area contributed by atoms with Gasteiger partial charge in [0.05, 0.1) is 26.4 Å². The van der Waals surface area contributed by atoms with E-state index in [1.165, 1.54) is 7.11 Å². The van der Waals surface area contributed by atoms with Crippen molar-refractivity contribution in [2.45, 2.75) is 12.1 Å². The van der Waals surface area contributed by atoms with Crippen LogP contribution in [0.1, 0.15) is 0 Å². The summed E-state index contributed by atoms with van der Waals surface area (Å²) in [6.07, 6.45) is -5.58. The molecule has 0 fully saturated rings. The minimum absolute atomic E-state index is 0.0582. The molecule has 0 aromatic heterocycles. The van der Waals surface area contributed by atoms with Gasteiger partial charge in [-0.25, -0.2) is 0 Å². The minimum Gasteiger partial charge on any atom is -0.382 e. The van der Waals surface area contributed by atoms with Crippen LogP contribution < -0.4 is 0 Å². The van der Waals surface area contributed by atoms with E-state index in [0.717, 1.165) is 0 Å². The fourth-order valence-electron chi connectivity index (χ4n) is 0.644. The molecule has 0 rings (SSSR count). The Morgan fingerprint density at radius 1 is 0.812 bits per heavy atom. The highest BCUT2D eigenvalue weighted by Gasteiger charge is 2.57. The molecule has 0 unspecified atom stereocenters. The Hall–Kier alpha value is -0.470. The average Bonchev–Trinajstić information content (AvgIpc) is 2.14. The summed E-state index contributed by atoms with van der Waals surface area (Å²) in [6, 6.07) is 0. The lowest BCUT2D eigenvalue weighted by Crippen LogP contribution is -2.41. The summed E-state index contributed by atoms with van der Waals surface area (Å²) in [4.78, 5) is 0. The highest BCUT2D eigenvalue weighted by atomic mass is 19.4. The fourth-order valence-corrected chi connectivity index (χ4v) is 0.644. The van der Waals surface area contributed by atoms with Gasteiger partial charge in [0.1, 0.15) is 6.61 Å². The number of alkyl halides is 5. The molecule has 0 saturated heterocycles. The zero-order valence-corrected chi connectivity index (χ0v) is 8.65. The molecule has 3 nitrogen and oxygen atoms in total. The Morgan fingerprint density at radius 3 is 1.81 bits per heavy atom. The van der Waals surface area contributed by atoms with E-state index in [4.69, 9.17) is 4.74 Å². The van der Waals surface area contributed by atoms with Gasteiger partial charge < -0.3 is 14.2 Å². The first-order chi connectivity index (χ1) is 7.31. The molecule has 16 heavy (non-hydrogen) atoms. The summed E-state index contributed by atoms with van der Waals surface area (Å²) >= 11 is 0. The Labute approximate surface area is 89.5 Å². The van der Waals surface area contributed by atoms with Crippen LogP contribution in [-0.4, -0.2) is 52.2 Å². The predicted octanol–water partition coefficient (Wildman–Crippen LogP) is 1.86. The molecule has 0 aliphatic carbocycles. The summed E-state index contributed by atoms with van der Waals surface area (Å²) in [7, 11) is 1.45. The van der Waals surface area contributed by atoms with Gasteiger partial charge >= 0.3 is 12.1 Å². The molecule has 0 aromatic carbocycles. The number of halogens is 5. The smallest absolute Gasteiger partial charge is 0.382 e. The van der Waals surface area contributed by atoms with Gasteiger partial charge in [-0.2, -0.15) is 22.0 Å². The Kier molecular flexibility index (Phi) is 6.77. The maximum atomic E-state index is 12.2. The van der Waals surface area contributed by atoms with E-state index in [9.17, 15) is 22.0 Å². The number of rotatable bonds is 8. The standard InChI is InChI=1S/C8H13F5O3/c1-14-2-3-15-4-5-16-6-7(9,10)8(11,12)13/h2-6H2,1H3. The van der Waals surface area contributed by atoms with Crippen LogP contribution in [0.2, 0.25) is 0 Å². The Balaban J connectivity index is 3.51. The molecule has 0 aliphatic rings. The van der Waals surface area contributed by atoms with Crippen LogP contribution >= 0.6 is 0 Å². The van der Waals surface area contributed by atoms with Crippen LogP contribution in [0.5, 0.6) is 0 Å². The third-order valence-corrected chi connectivity index (χ3v) is 1.50. The summed E-state index contributed by atoms with van der Waals surface area (Å²) in [5.41, 5.74) is 0. The molecule has 8 heteroatoms. The topological polar surface area (TPSA) is 27.7 Å². The van der Waals surface area contributed by atoms with Gasteiger partial charge in [0.25, 0.3) is 0 Å². The lowest BCUT2D eigenvalue weighted by molar-refractivity contribution is -0.297. The van der Waals surface area contributed by atoms with Crippen molar-refractivity contribution in [3.05, 3.63) is 0 Å². The lowest BCUT2D eigenvalue weighted by Gasteiger charge is -2.19. The summed E-state index contributed by atoms with van der Waals surface area (Å²) in [6.45, 7) is -1.52.